The van der Waals surface area contributed by atoms with E-state index in [9.17, 15) is 17.2 Å². The highest BCUT2D eigenvalue weighted by Crippen LogP contribution is 2.31. The van der Waals surface area contributed by atoms with Crippen molar-refractivity contribution in [3.05, 3.63) is 48.0 Å². The van der Waals surface area contributed by atoms with Crippen LogP contribution < -0.4 is 14.2 Å². The standard InChI is InChI=1S/C14H13F2NO4S/c1-20-9-3-6-13(14(7-9)21-2)17-22(18,19)10-4-5-11(15)12(16)8-10/h3-8,17H,1-2H3. The Hall–Kier alpha value is -2.35. The molecule has 0 bridgehead atoms. The van der Waals surface area contributed by atoms with Crippen LogP contribution in [0.25, 0.3) is 0 Å². The third-order valence-electron chi connectivity index (χ3n) is 2.85. The third-order valence-corrected chi connectivity index (χ3v) is 4.22. The number of halogens is 2. The Bertz CT molecular complexity index is 793. The zero-order chi connectivity index (χ0) is 16.3. The zero-order valence-corrected chi connectivity index (χ0v) is 12.6. The van der Waals surface area contributed by atoms with E-state index in [1.807, 2.05) is 0 Å². The summed E-state index contributed by atoms with van der Waals surface area (Å²) in [6, 6.07) is 6.78. The smallest absolute Gasteiger partial charge is 0.262 e. The van der Waals surface area contributed by atoms with E-state index in [4.69, 9.17) is 9.47 Å². The van der Waals surface area contributed by atoms with E-state index in [0.29, 0.717) is 11.8 Å². The van der Waals surface area contributed by atoms with Gasteiger partial charge in [-0.05, 0) is 30.3 Å². The fourth-order valence-electron chi connectivity index (χ4n) is 1.73. The number of benzene rings is 2. The number of ether oxygens (including phenoxy) is 2. The first-order valence-corrected chi connectivity index (χ1v) is 7.55. The first-order valence-electron chi connectivity index (χ1n) is 6.07. The van der Waals surface area contributed by atoms with Crippen LogP contribution in [0, 0.1) is 11.6 Å². The predicted molar refractivity (Wildman–Crippen MR) is 76.7 cm³/mol. The lowest BCUT2D eigenvalue weighted by Gasteiger charge is -2.13. The van der Waals surface area contributed by atoms with Crippen LogP contribution >= 0.6 is 0 Å². The minimum absolute atomic E-state index is 0.146. The highest BCUT2D eigenvalue weighted by Gasteiger charge is 2.18. The van der Waals surface area contributed by atoms with Crippen molar-refractivity contribution >= 4 is 15.7 Å². The van der Waals surface area contributed by atoms with Crippen LogP contribution in [0.4, 0.5) is 14.5 Å². The normalized spacial score (nSPS) is 11.1. The summed E-state index contributed by atoms with van der Waals surface area (Å²) in [6.45, 7) is 0. The van der Waals surface area contributed by atoms with E-state index < -0.39 is 26.6 Å². The topological polar surface area (TPSA) is 64.6 Å². The largest absolute Gasteiger partial charge is 0.497 e. The van der Waals surface area contributed by atoms with Gasteiger partial charge in [-0.1, -0.05) is 0 Å². The lowest BCUT2D eigenvalue weighted by molar-refractivity contribution is 0.395. The van der Waals surface area contributed by atoms with Crippen molar-refractivity contribution in [3.8, 4) is 11.5 Å². The SMILES string of the molecule is COc1ccc(NS(=O)(=O)c2ccc(F)c(F)c2)c(OC)c1. The number of sulfonamides is 1. The second-order valence-electron chi connectivity index (χ2n) is 4.25. The molecule has 0 atom stereocenters. The highest BCUT2D eigenvalue weighted by molar-refractivity contribution is 7.92. The Morgan fingerprint density at radius 3 is 2.27 bits per heavy atom. The van der Waals surface area contributed by atoms with Gasteiger partial charge in [0.15, 0.2) is 11.6 Å². The molecule has 2 aromatic carbocycles. The lowest BCUT2D eigenvalue weighted by Crippen LogP contribution is -2.14. The quantitative estimate of drug-likeness (QED) is 0.916. The fourth-order valence-corrected chi connectivity index (χ4v) is 2.81. The Kier molecular flexibility index (Phi) is 4.51. The molecule has 5 nitrogen and oxygen atoms in total. The molecule has 0 unspecified atom stereocenters. The maximum absolute atomic E-state index is 13.2. The van der Waals surface area contributed by atoms with Crippen molar-refractivity contribution in [3.63, 3.8) is 0 Å². The number of hydrogen-bond acceptors (Lipinski definition) is 4. The first-order chi connectivity index (χ1) is 10.4. The van der Waals surface area contributed by atoms with Gasteiger partial charge in [-0.15, -0.1) is 0 Å². The van der Waals surface area contributed by atoms with Crippen LogP contribution in [0.1, 0.15) is 0 Å². The van der Waals surface area contributed by atoms with Crippen LogP contribution in [0.3, 0.4) is 0 Å². The predicted octanol–water partition coefficient (Wildman–Crippen LogP) is 2.78. The van der Waals surface area contributed by atoms with E-state index in [1.165, 1.54) is 32.4 Å². The van der Waals surface area contributed by atoms with Crippen molar-refractivity contribution in [2.75, 3.05) is 18.9 Å². The summed E-state index contributed by atoms with van der Waals surface area (Å²) >= 11 is 0. The van der Waals surface area contributed by atoms with Crippen molar-refractivity contribution in [2.24, 2.45) is 0 Å². The van der Waals surface area contributed by atoms with Crippen molar-refractivity contribution in [1.29, 1.82) is 0 Å². The molecule has 0 amide bonds. The van der Waals surface area contributed by atoms with Gasteiger partial charge < -0.3 is 9.47 Å². The molecule has 0 saturated heterocycles. The van der Waals surface area contributed by atoms with E-state index in [0.717, 1.165) is 12.1 Å². The molecule has 2 rings (SSSR count). The minimum atomic E-state index is -4.08. The summed E-state index contributed by atoms with van der Waals surface area (Å²) < 4.78 is 62.8. The fraction of sp³-hybridized carbons (Fsp3) is 0.143. The Morgan fingerprint density at radius 1 is 0.955 bits per heavy atom. The first kappa shape index (κ1) is 16.0. The summed E-state index contributed by atoms with van der Waals surface area (Å²) in [4.78, 5) is -0.399. The molecule has 0 radical (unpaired) electrons. The summed E-state index contributed by atoms with van der Waals surface area (Å²) in [5.41, 5.74) is 0.146. The molecule has 0 aliphatic rings. The highest BCUT2D eigenvalue weighted by atomic mass is 32.2. The summed E-state index contributed by atoms with van der Waals surface area (Å²) in [6.07, 6.45) is 0. The van der Waals surface area contributed by atoms with Crippen molar-refractivity contribution in [2.45, 2.75) is 4.90 Å². The second-order valence-corrected chi connectivity index (χ2v) is 5.93. The van der Waals surface area contributed by atoms with E-state index in [1.54, 1.807) is 0 Å². The number of anilines is 1. The number of methoxy groups -OCH3 is 2. The summed E-state index contributed by atoms with van der Waals surface area (Å²) in [5, 5.41) is 0. The second kappa shape index (κ2) is 6.18. The van der Waals surface area contributed by atoms with Crippen LogP contribution in [0.5, 0.6) is 11.5 Å². The van der Waals surface area contributed by atoms with Gasteiger partial charge in [0.05, 0.1) is 24.8 Å². The van der Waals surface area contributed by atoms with E-state index in [-0.39, 0.29) is 11.4 Å². The van der Waals surface area contributed by atoms with Crippen LogP contribution in [-0.2, 0) is 10.0 Å². The molecule has 8 heteroatoms. The van der Waals surface area contributed by atoms with Gasteiger partial charge in [0.1, 0.15) is 11.5 Å². The van der Waals surface area contributed by atoms with Crippen molar-refractivity contribution in [1.82, 2.24) is 0 Å². The summed E-state index contributed by atoms with van der Waals surface area (Å²) in [5.74, 6) is -1.66. The Labute approximate surface area is 126 Å². The van der Waals surface area contributed by atoms with Gasteiger partial charge in [0, 0.05) is 6.07 Å². The third kappa shape index (κ3) is 3.28. The van der Waals surface area contributed by atoms with Crippen LogP contribution in [-0.4, -0.2) is 22.6 Å². The van der Waals surface area contributed by atoms with E-state index in [2.05, 4.69) is 4.72 Å². The molecule has 0 saturated carbocycles. The van der Waals surface area contributed by atoms with Gasteiger partial charge in [0.25, 0.3) is 10.0 Å². The zero-order valence-electron chi connectivity index (χ0n) is 11.8. The van der Waals surface area contributed by atoms with Gasteiger partial charge in [0.2, 0.25) is 0 Å². The molecule has 2 aromatic rings. The van der Waals surface area contributed by atoms with E-state index >= 15 is 0 Å². The van der Waals surface area contributed by atoms with Crippen molar-refractivity contribution < 1.29 is 26.7 Å². The van der Waals surface area contributed by atoms with Gasteiger partial charge in [-0.3, -0.25) is 4.72 Å². The average Bonchev–Trinajstić information content (AvgIpc) is 2.50. The molecule has 1 N–H and O–H groups in total. The average molecular weight is 329 g/mol. The lowest BCUT2D eigenvalue weighted by atomic mass is 10.3. The van der Waals surface area contributed by atoms with Gasteiger partial charge in [-0.25, -0.2) is 17.2 Å². The Morgan fingerprint density at radius 2 is 1.68 bits per heavy atom. The van der Waals surface area contributed by atoms with Crippen LogP contribution in [0.15, 0.2) is 41.3 Å². The maximum Gasteiger partial charge on any atom is 0.262 e. The van der Waals surface area contributed by atoms with Gasteiger partial charge >= 0.3 is 0 Å². The molecule has 0 heterocycles. The molecule has 0 aliphatic heterocycles. The molecular weight excluding hydrogens is 316 g/mol. The molecule has 0 aliphatic carbocycles. The number of nitrogens with one attached hydrogen (secondary N) is 1. The Balaban J connectivity index is 2.38. The molecular formula is C14H13F2NO4S. The van der Waals surface area contributed by atoms with Gasteiger partial charge in [-0.2, -0.15) is 0 Å². The minimum Gasteiger partial charge on any atom is -0.497 e. The molecule has 22 heavy (non-hydrogen) atoms. The molecule has 0 aromatic heterocycles. The van der Waals surface area contributed by atoms with Crippen LogP contribution in [0.2, 0.25) is 0 Å². The molecule has 0 spiro atoms. The monoisotopic (exact) mass is 329 g/mol. The molecule has 118 valence electrons. The molecule has 0 fully saturated rings. The summed E-state index contributed by atoms with van der Waals surface area (Å²) in [7, 11) is -1.26. The maximum atomic E-state index is 13.2. The number of hydrogen-bond donors (Lipinski definition) is 1. The number of rotatable bonds is 5.